The average Bonchev–Trinajstić information content (AvgIpc) is 2.81. The monoisotopic (exact) mass is 254 g/mol. The van der Waals surface area contributed by atoms with Crippen molar-refractivity contribution in [3.05, 3.63) is 53.1 Å². The van der Waals surface area contributed by atoms with Gasteiger partial charge in [-0.05, 0) is 53.9 Å². The molecule has 0 fully saturated rings. The molecule has 0 saturated heterocycles. The van der Waals surface area contributed by atoms with Gasteiger partial charge in [-0.1, -0.05) is 6.07 Å². The molecule has 2 aromatic rings. The Balaban J connectivity index is 1.88. The zero-order valence-corrected chi connectivity index (χ0v) is 11.3. The highest BCUT2D eigenvalue weighted by molar-refractivity contribution is 5.57. The number of ether oxygens (including phenoxy) is 1. The van der Waals surface area contributed by atoms with E-state index in [1.165, 1.54) is 16.8 Å². The Labute approximate surface area is 113 Å². The van der Waals surface area contributed by atoms with Crippen molar-refractivity contribution in [3.8, 4) is 5.75 Å². The van der Waals surface area contributed by atoms with Crippen molar-refractivity contribution >= 4 is 11.4 Å². The molecule has 1 heterocycles. The summed E-state index contributed by atoms with van der Waals surface area (Å²) >= 11 is 0. The lowest BCUT2D eigenvalue weighted by Crippen LogP contribution is -2.14. The molecule has 0 spiro atoms. The van der Waals surface area contributed by atoms with Crippen molar-refractivity contribution in [2.75, 3.05) is 17.7 Å². The number of benzene rings is 2. The molecule has 0 aliphatic carbocycles. The van der Waals surface area contributed by atoms with Crippen molar-refractivity contribution in [3.63, 3.8) is 0 Å². The van der Waals surface area contributed by atoms with Crippen LogP contribution < -0.4 is 15.4 Å². The molecule has 19 heavy (non-hydrogen) atoms. The van der Waals surface area contributed by atoms with E-state index in [-0.39, 0.29) is 0 Å². The molecule has 0 unspecified atom stereocenters. The van der Waals surface area contributed by atoms with Gasteiger partial charge >= 0.3 is 0 Å². The molecule has 0 aromatic heterocycles. The molecule has 1 aliphatic rings. The van der Waals surface area contributed by atoms with Gasteiger partial charge in [0.25, 0.3) is 0 Å². The van der Waals surface area contributed by atoms with Gasteiger partial charge in [0.05, 0.1) is 7.11 Å². The highest BCUT2D eigenvalue weighted by Crippen LogP contribution is 2.31. The van der Waals surface area contributed by atoms with Crippen molar-refractivity contribution < 1.29 is 4.74 Å². The van der Waals surface area contributed by atoms with E-state index in [0.717, 1.165) is 30.1 Å². The first kappa shape index (κ1) is 11.9. The summed E-state index contributed by atoms with van der Waals surface area (Å²) in [6.07, 6.45) is 0. The van der Waals surface area contributed by atoms with Gasteiger partial charge in [0.1, 0.15) is 5.75 Å². The Bertz CT molecular complexity index is 622. The Morgan fingerprint density at radius 3 is 2.58 bits per heavy atom. The lowest BCUT2D eigenvalue weighted by molar-refractivity contribution is 0.411. The van der Waals surface area contributed by atoms with E-state index in [2.05, 4.69) is 36.1 Å². The minimum atomic E-state index is 0.839. The molecule has 0 radical (unpaired) electrons. The zero-order chi connectivity index (χ0) is 13.4. The van der Waals surface area contributed by atoms with Gasteiger partial charge in [-0.3, -0.25) is 0 Å². The van der Waals surface area contributed by atoms with Crippen LogP contribution in [0.15, 0.2) is 36.4 Å². The van der Waals surface area contributed by atoms with Crippen LogP contribution in [0.1, 0.15) is 16.7 Å². The first-order valence-electron chi connectivity index (χ1n) is 6.44. The lowest BCUT2D eigenvalue weighted by atomic mass is 10.1. The Hall–Kier alpha value is -2.16. The second-order valence-corrected chi connectivity index (χ2v) is 5.04. The molecule has 3 heteroatoms. The zero-order valence-electron chi connectivity index (χ0n) is 11.3. The molecule has 1 aliphatic heterocycles. The van der Waals surface area contributed by atoms with Crippen LogP contribution in [-0.2, 0) is 13.1 Å². The van der Waals surface area contributed by atoms with Crippen molar-refractivity contribution in [2.24, 2.45) is 0 Å². The molecule has 98 valence electrons. The molecule has 3 nitrogen and oxygen atoms in total. The van der Waals surface area contributed by atoms with Gasteiger partial charge in [-0.15, -0.1) is 0 Å². The van der Waals surface area contributed by atoms with Gasteiger partial charge in [-0.25, -0.2) is 0 Å². The normalized spacial score (nSPS) is 13.5. The number of hydrogen-bond acceptors (Lipinski definition) is 3. The number of nitrogens with zero attached hydrogens (tertiary/aromatic N) is 1. The highest BCUT2D eigenvalue weighted by Gasteiger charge is 2.19. The van der Waals surface area contributed by atoms with Crippen molar-refractivity contribution in [2.45, 2.75) is 20.0 Å². The van der Waals surface area contributed by atoms with E-state index in [1.54, 1.807) is 7.11 Å². The number of fused-ring (bicyclic) bond motifs is 1. The molecular formula is C16H18N2O. The second-order valence-electron chi connectivity index (χ2n) is 5.04. The fourth-order valence-electron chi connectivity index (χ4n) is 2.66. The van der Waals surface area contributed by atoms with E-state index >= 15 is 0 Å². The summed E-state index contributed by atoms with van der Waals surface area (Å²) in [5.41, 5.74) is 11.8. The first-order valence-corrected chi connectivity index (χ1v) is 6.44. The maximum atomic E-state index is 5.84. The second kappa shape index (κ2) is 4.50. The molecule has 0 saturated carbocycles. The number of aryl methyl sites for hydroxylation is 1. The number of nitrogen functional groups attached to an aromatic ring is 1. The summed E-state index contributed by atoms with van der Waals surface area (Å²) in [6, 6.07) is 12.5. The van der Waals surface area contributed by atoms with E-state index in [1.807, 2.05) is 12.1 Å². The van der Waals surface area contributed by atoms with Crippen LogP contribution in [0.25, 0.3) is 0 Å². The van der Waals surface area contributed by atoms with Crippen LogP contribution in [0.4, 0.5) is 11.4 Å². The van der Waals surface area contributed by atoms with Crippen LogP contribution in [0.5, 0.6) is 5.75 Å². The van der Waals surface area contributed by atoms with Crippen LogP contribution in [-0.4, -0.2) is 7.11 Å². The molecule has 0 atom stereocenters. The standard InChI is InChI=1S/C16H18N2O/c1-11-7-15(5-6-16(11)19-2)18-9-12-3-4-14(17)8-13(12)10-18/h3-8H,9-10,17H2,1-2H3. The fraction of sp³-hybridized carbons (Fsp3) is 0.250. The third kappa shape index (κ3) is 2.12. The van der Waals surface area contributed by atoms with Crippen LogP contribution in [0.2, 0.25) is 0 Å². The predicted octanol–water partition coefficient (Wildman–Crippen LogP) is 3.11. The molecule has 2 aromatic carbocycles. The minimum absolute atomic E-state index is 0.839. The largest absolute Gasteiger partial charge is 0.496 e. The molecule has 3 rings (SSSR count). The minimum Gasteiger partial charge on any atom is -0.496 e. The van der Waals surface area contributed by atoms with Crippen molar-refractivity contribution in [1.29, 1.82) is 0 Å². The van der Waals surface area contributed by atoms with Crippen LogP contribution in [0.3, 0.4) is 0 Å². The number of rotatable bonds is 2. The van der Waals surface area contributed by atoms with E-state index in [4.69, 9.17) is 10.5 Å². The summed E-state index contributed by atoms with van der Waals surface area (Å²) in [4.78, 5) is 2.36. The van der Waals surface area contributed by atoms with Gasteiger partial charge in [0, 0.05) is 24.5 Å². The average molecular weight is 254 g/mol. The fourth-order valence-corrected chi connectivity index (χ4v) is 2.66. The van der Waals surface area contributed by atoms with Crippen LogP contribution >= 0.6 is 0 Å². The number of anilines is 2. The molecule has 0 amide bonds. The summed E-state index contributed by atoms with van der Waals surface area (Å²) < 4.78 is 5.31. The molecular weight excluding hydrogens is 236 g/mol. The predicted molar refractivity (Wildman–Crippen MR) is 78.5 cm³/mol. The molecule has 2 N–H and O–H groups in total. The molecule has 0 bridgehead atoms. The number of hydrogen-bond donors (Lipinski definition) is 1. The maximum absolute atomic E-state index is 5.84. The number of nitrogens with two attached hydrogens (primary N) is 1. The summed E-state index contributed by atoms with van der Waals surface area (Å²) in [5.74, 6) is 0.935. The highest BCUT2D eigenvalue weighted by atomic mass is 16.5. The quantitative estimate of drug-likeness (QED) is 0.837. The van der Waals surface area contributed by atoms with E-state index in [9.17, 15) is 0 Å². The first-order chi connectivity index (χ1) is 9.17. The number of methoxy groups -OCH3 is 1. The smallest absolute Gasteiger partial charge is 0.121 e. The lowest BCUT2D eigenvalue weighted by Gasteiger charge is -2.19. The third-order valence-corrected chi connectivity index (χ3v) is 3.70. The van der Waals surface area contributed by atoms with Gasteiger partial charge < -0.3 is 15.4 Å². The Morgan fingerprint density at radius 1 is 1.05 bits per heavy atom. The van der Waals surface area contributed by atoms with Gasteiger partial charge in [0.2, 0.25) is 0 Å². The SMILES string of the molecule is COc1ccc(N2Cc3ccc(N)cc3C2)cc1C. The van der Waals surface area contributed by atoms with Crippen LogP contribution in [0, 0.1) is 6.92 Å². The Kier molecular flexibility index (Phi) is 2.82. The third-order valence-electron chi connectivity index (χ3n) is 3.70. The Morgan fingerprint density at radius 2 is 1.84 bits per heavy atom. The van der Waals surface area contributed by atoms with Gasteiger partial charge in [-0.2, -0.15) is 0 Å². The van der Waals surface area contributed by atoms with Gasteiger partial charge in [0.15, 0.2) is 0 Å². The van der Waals surface area contributed by atoms with E-state index in [0.29, 0.717) is 0 Å². The van der Waals surface area contributed by atoms with Crippen molar-refractivity contribution in [1.82, 2.24) is 0 Å². The summed E-state index contributed by atoms with van der Waals surface area (Å²) in [6.45, 7) is 3.94. The topological polar surface area (TPSA) is 38.5 Å². The van der Waals surface area contributed by atoms with E-state index < -0.39 is 0 Å². The summed E-state index contributed by atoms with van der Waals surface area (Å²) in [5, 5.41) is 0. The summed E-state index contributed by atoms with van der Waals surface area (Å²) in [7, 11) is 1.70. The maximum Gasteiger partial charge on any atom is 0.121 e.